The number of hydrogen-bond donors (Lipinski definition) is 2. The lowest BCUT2D eigenvalue weighted by molar-refractivity contribution is 0.604. The van der Waals surface area contributed by atoms with Crippen molar-refractivity contribution in [3.63, 3.8) is 0 Å². The van der Waals surface area contributed by atoms with E-state index in [1.807, 2.05) is 31.2 Å². The van der Waals surface area contributed by atoms with E-state index in [1.165, 1.54) is 0 Å². The summed E-state index contributed by atoms with van der Waals surface area (Å²) in [6.45, 7) is 3.09. The highest BCUT2D eigenvalue weighted by Gasteiger charge is 2.07. The minimum Gasteiger partial charge on any atom is -0.320 e. The Hall–Kier alpha value is -1.97. The summed E-state index contributed by atoms with van der Waals surface area (Å²) in [6.07, 6.45) is 0.904. The fourth-order valence-corrected chi connectivity index (χ4v) is 2.75. The Bertz CT molecular complexity index is 691. The van der Waals surface area contributed by atoms with Gasteiger partial charge in [0.25, 0.3) is 0 Å². The van der Waals surface area contributed by atoms with Crippen LogP contribution in [0.15, 0.2) is 34.2 Å². The lowest BCUT2D eigenvalue weighted by Crippen LogP contribution is -2.17. The maximum Gasteiger partial charge on any atom is 0.343 e. The Morgan fingerprint density at radius 2 is 2.14 bits per heavy atom. The Morgan fingerprint density at radius 3 is 2.81 bits per heavy atom. The molecule has 0 saturated carbocycles. The molecule has 6 heteroatoms. The molecule has 3 N–H and O–H groups in total. The first-order chi connectivity index (χ1) is 10.2. The second kappa shape index (κ2) is 7.72. The van der Waals surface area contributed by atoms with Crippen LogP contribution in [0.2, 0.25) is 0 Å². The number of rotatable bonds is 5. The number of aromatic nitrogens is 3. The number of hydrogen-bond acceptors (Lipinski definition) is 4. The van der Waals surface area contributed by atoms with Crippen molar-refractivity contribution in [2.75, 3.05) is 6.54 Å². The number of nitrogens with two attached hydrogens (primary N) is 1. The van der Waals surface area contributed by atoms with Crippen molar-refractivity contribution in [2.45, 2.75) is 30.8 Å². The third-order valence-corrected chi connectivity index (χ3v) is 3.87. The van der Waals surface area contributed by atoms with Crippen LogP contribution in [0.25, 0.3) is 0 Å². The molecular weight excluding hydrogens is 284 g/mol. The van der Waals surface area contributed by atoms with E-state index in [1.54, 1.807) is 16.3 Å². The van der Waals surface area contributed by atoms with Gasteiger partial charge >= 0.3 is 5.69 Å². The van der Waals surface area contributed by atoms with E-state index >= 15 is 0 Å². The van der Waals surface area contributed by atoms with Gasteiger partial charge in [0.1, 0.15) is 0 Å². The molecule has 0 bridgehead atoms. The quantitative estimate of drug-likeness (QED) is 0.649. The first-order valence-electron chi connectivity index (χ1n) is 6.80. The molecule has 5 nitrogen and oxygen atoms in total. The summed E-state index contributed by atoms with van der Waals surface area (Å²) < 4.78 is 1.67. The van der Waals surface area contributed by atoms with Crippen LogP contribution in [-0.4, -0.2) is 21.3 Å². The molecule has 0 atom stereocenters. The zero-order valence-corrected chi connectivity index (χ0v) is 12.7. The van der Waals surface area contributed by atoms with Crippen LogP contribution in [0, 0.1) is 11.8 Å². The van der Waals surface area contributed by atoms with Gasteiger partial charge in [0.05, 0.1) is 6.54 Å². The molecule has 0 radical (unpaired) electrons. The van der Waals surface area contributed by atoms with Crippen LogP contribution in [0.4, 0.5) is 0 Å². The highest BCUT2D eigenvalue weighted by molar-refractivity contribution is 7.98. The summed E-state index contributed by atoms with van der Waals surface area (Å²) in [6, 6.07) is 8.01. The third-order valence-electron chi connectivity index (χ3n) is 2.83. The van der Waals surface area contributed by atoms with Gasteiger partial charge < -0.3 is 5.73 Å². The maximum atomic E-state index is 11.6. The molecule has 0 aliphatic carbocycles. The first kappa shape index (κ1) is 15.4. The lowest BCUT2D eigenvalue weighted by atomic mass is 10.1. The van der Waals surface area contributed by atoms with E-state index in [4.69, 9.17) is 5.73 Å². The van der Waals surface area contributed by atoms with Crippen LogP contribution in [-0.2, 0) is 12.3 Å². The smallest absolute Gasteiger partial charge is 0.320 e. The van der Waals surface area contributed by atoms with Gasteiger partial charge in [-0.1, -0.05) is 42.7 Å². The van der Waals surface area contributed by atoms with Crippen LogP contribution >= 0.6 is 11.8 Å². The predicted molar refractivity (Wildman–Crippen MR) is 85.1 cm³/mol. The maximum absolute atomic E-state index is 11.6. The van der Waals surface area contributed by atoms with Gasteiger partial charge in [-0.3, -0.25) is 4.57 Å². The summed E-state index contributed by atoms with van der Waals surface area (Å²) in [5, 5.41) is 7.29. The second-order valence-electron chi connectivity index (χ2n) is 4.45. The van der Waals surface area contributed by atoms with Gasteiger partial charge in [0, 0.05) is 17.9 Å². The Kier molecular flexibility index (Phi) is 5.67. The molecule has 0 unspecified atom stereocenters. The van der Waals surface area contributed by atoms with Gasteiger partial charge in [-0.05, 0) is 24.1 Å². The highest BCUT2D eigenvalue weighted by atomic mass is 32.2. The molecule has 0 spiro atoms. The van der Waals surface area contributed by atoms with Gasteiger partial charge in [0.2, 0.25) is 0 Å². The molecule has 0 saturated heterocycles. The molecule has 0 aliphatic heterocycles. The summed E-state index contributed by atoms with van der Waals surface area (Å²) in [5.74, 6) is 6.58. The fraction of sp³-hybridized carbons (Fsp3) is 0.333. The molecule has 1 heterocycles. The van der Waals surface area contributed by atoms with Crippen LogP contribution < -0.4 is 11.4 Å². The second-order valence-corrected chi connectivity index (χ2v) is 5.40. The molecular formula is C15H18N4OS. The molecule has 0 fully saturated rings. The van der Waals surface area contributed by atoms with Crippen LogP contribution in [0.3, 0.4) is 0 Å². The zero-order chi connectivity index (χ0) is 15.1. The minimum absolute atomic E-state index is 0.147. The first-order valence-corrected chi connectivity index (χ1v) is 7.79. The van der Waals surface area contributed by atoms with E-state index in [0.29, 0.717) is 13.1 Å². The summed E-state index contributed by atoms with van der Waals surface area (Å²) >= 11 is 1.55. The molecule has 2 aromatic rings. The number of nitrogens with one attached hydrogen (secondary N) is 1. The predicted octanol–water partition coefficient (Wildman–Crippen LogP) is 1.58. The number of benzene rings is 1. The molecule has 110 valence electrons. The molecule has 0 amide bonds. The standard InChI is InChI=1S/C15H18N4OS/c1-2-10-19-14(20)17-18-15(19)21-11-13-7-5-12(6-8-13)4-3-9-16/h5-8H,2,9-11,16H2,1H3,(H,17,20). The number of H-pyrrole nitrogens is 1. The molecule has 21 heavy (non-hydrogen) atoms. The molecule has 1 aromatic carbocycles. The zero-order valence-electron chi connectivity index (χ0n) is 11.9. The van der Waals surface area contributed by atoms with E-state index < -0.39 is 0 Å². The van der Waals surface area contributed by atoms with Crippen molar-refractivity contribution in [3.05, 3.63) is 45.9 Å². The normalized spacial score (nSPS) is 10.2. The topological polar surface area (TPSA) is 76.7 Å². The van der Waals surface area contributed by atoms with Crippen molar-refractivity contribution in [1.82, 2.24) is 14.8 Å². The van der Waals surface area contributed by atoms with Gasteiger partial charge in [-0.15, -0.1) is 5.10 Å². The molecule has 2 rings (SSSR count). The average molecular weight is 302 g/mol. The summed E-state index contributed by atoms with van der Waals surface area (Å²) in [5.41, 5.74) is 7.32. The van der Waals surface area contributed by atoms with Crippen LogP contribution in [0.5, 0.6) is 0 Å². The van der Waals surface area contributed by atoms with E-state index in [0.717, 1.165) is 28.5 Å². The van der Waals surface area contributed by atoms with E-state index in [9.17, 15) is 4.79 Å². The highest BCUT2D eigenvalue weighted by Crippen LogP contribution is 2.20. The van der Waals surface area contributed by atoms with Gasteiger partial charge in [-0.2, -0.15) is 0 Å². The Morgan fingerprint density at radius 1 is 1.38 bits per heavy atom. The Labute approximate surface area is 127 Å². The number of aromatic amines is 1. The van der Waals surface area contributed by atoms with Crippen molar-refractivity contribution < 1.29 is 0 Å². The van der Waals surface area contributed by atoms with Crippen molar-refractivity contribution >= 4 is 11.8 Å². The SMILES string of the molecule is CCCn1c(SCc2ccc(C#CCN)cc2)n[nH]c1=O. The van der Waals surface area contributed by atoms with Crippen molar-refractivity contribution in [1.29, 1.82) is 0 Å². The molecule has 0 aliphatic rings. The fourth-order valence-electron chi connectivity index (χ4n) is 1.82. The van der Waals surface area contributed by atoms with E-state index in [2.05, 4.69) is 22.0 Å². The van der Waals surface area contributed by atoms with Crippen molar-refractivity contribution in [3.8, 4) is 11.8 Å². The molecule has 1 aromatic heterocycles. The number of thioether (sulfide) groups is 1. The largest absolute Gasteiger partial charge is 0.343 e. The summed E-state index contributed by atoms with van der Waals surface area (Å²) in [7, 11) is 0. The van der Waals surface area contributed by atoms with Gasteiger partial charge in [0.15, 0.2) is 5.16 Å². The number of nitrogens with zero attached hydrogens (tertiary/aromatic N) is 2. The van der Waals surface area contributed by atoms with Crippen LogP contribution in [0.1, 0.15) is 24.5 Å². The lowest BCUT2D eigenvalue weighted by Gasteiger charge is -2.04. The van der Waals surface area contributed by atoms with Crippen molar-refractivity contribution in [2.24, 2.45) is 5.73 Å². The monoisotopic (exact) mass is 302 g/mol. The summed E-state index contributed by atoms with van der Waals surface area (Å²) in [4.78, 5) is 11.6. The van der Waals surface area contributed by atoms with Gasteiger partial charge in [-0.25, -0.2) is 9.89 Å². The average Bonchev–Trinajstić information content (AvgIpc) is 2.85. The Balaban J connectivity index is 2.01. The third kappa shape index (κ3) is 4.25. The minimum atomic E-state index is -0.147. The van der Waals surface area contributed by atoms with E-state index in [-0.39, 0.29) is 5.69 Å².